The first-order chi connectivity index (χ1) is 22.4. The number of ketones is 4. The van der Waals surface area contributed by atoms with Gasteiger partial charge in [0.05, 0.1) is 0 Å². The second-order valence-corrected chi connectivity index (χ2v) is 13.3. The maximum absolute atomic E-state index is 12.6. The molecule has 0 saturated carbocycles. The molecule has 4 aliphatic carbocycles. The van der Waals surface area contributed by atoms with Gasteiger partial charge in [-0.2, -0.15) is 0 Å². The van der Waals surface area contributed by atoms with E-state index < -0.39 is 0 Å². The van der Waals surface area contributed by atoms with E-state index >= 15 is 0 Å². The summed E-state index contributed by atoms with van der Waals surface area (Å²) in [7, 11) is 0. The molecule has 6 heteroatoms. The fourth-order valence-corrected chi connectivity index (χ4v) is 8.67. The average molecular weight is 615 g/mol. The van der Waals surface area contributed by atoms with Gasteiger partial charge in [0.2, 0.25) is 0 Å². The van der Waals surface area contributed by atoms with E-state index in [1.54, 1.807) is 0 Å². The Morgan fingerprint density at radius 2 is 0.674 bits per heavy atom. The molecule has 0 atom stereocenters. The molecule has 2 aromatic carbocycles. The minimum atomic E-state index is -0.0411. The van der Waals surface area contributed by atoms with Crippen LogP contribution in [0.3, 0.4) is 0 Å². The molecular weight excluding hydrogens is 572 g/mol. The summed E-state index contributed by atoms with van der Waals surface area (Å²) in [6.45, 7) is 4.08. The smallest absolute Gasteiger partial charge is 0.161 e. The Labute approximate surface area is 271 Å². The number of carbonyl (C=O) groups excluding carboxylic acids is 4. The predicted octanol–water partition coefficient (Wildman–Crippen LogP) is 8.31. The Kier molecular flexibility index (Phi) is 8.22. The Morgan fingerprint density at radius 1 is 0.413 bits per heavy atom. The van der Waals surface area contributed by atoms with Gasteiger partial charge >= 0.3 is 0 Å². The number of hydrogen-bond acceptors (Lipinski definition) is 6. The summed E-state index contributed by atoms with van der Waals surface area (Å²) in [5, 5.41) is 0. The van der Waals surface area contributed by atoms with Crippen molar-refractivity contribution in [2.45, 2.75) is 90.9 Å². The largest absolute Gasteiger partial charge is 0.317 e. The molecule has 0 amide bonds. The highest BCUT2D eigenvalue weighted by Gasteiger charge is 2.42. The van der Waals surface area contributed by atoms with Crippen molar-refractivity contribution in [1.29, 1.82) is 0 Å². The fourth-order valence-electron chi connectivity index (χ4n) is 8.67. The summed E-state index contributed by atoms with van der Waals surface area (Å²) >= 11 is 0. The standard InChI is InChI=1S/2C20H21NO2/c2*1-13-19-15(9-5-11-17(19)22)21(14-7-3-2-4-8-14)16-10-6-12-18(23)20(13)16/h2*2-4,7-8,13H,5-6,9-12H2,1H3. The monoisotopic (exact) mass is 614 g/mol. The number of allylic oxidation sites excluding steroid dienone is 8. The third-order valence-electron chi connectivity index (χ3n) is 10.6. The zero-order valence-electron chi connectivity index (χ0n) is 26.9. The number of Topliss-reactive ketones (excluding diaryl/α,β-unsaturated/α-hetero) is 4. The maximum Gasteiger partial charge on any atom is 0.161 e. The van der Waals surface area contributed by atoms with Crippen LogP contribution in [0.15, 0.2) is 106 Å². The van der Waals surface area contributed by atoms with Crippen LogP contribution in [0, 0.1) is 11.8 Å². The molecule has 0 bridgehead atoms. The molecule has 0 fully saturated rings. The number of carbonyl (C=O) groups is 4. The number of nitrogens with zero attached hydrogens (tertiary/aromatic N) is 2. The van der Waals surface area contributed by atoms with Gasteiger partial charge in [-0.05, 0) is 75.6 Å². The molecule has 0 radical (unpaired) electrons. The average Bonchev–Trinajstić information content (AvgIpc) is 3.06. The van der Waals surface area contributed by atoms with Crippen molar-refractivity contribution < 1.29 is 19.2 Å². The van der Waals surface area contributed by atoms with Gasteiger partial charge in [-0.1, -0.05) is 50.2 Å². The van der Waals surface area contributed by atoms with Gasteiger partial charge in [-0.25, -0.2) is 0 Å². The van der Waals surface area contributed by atoms with Crippen LogP contribution in [0.5, 0.6) is 0 Å². The summed E-state index contributed by atoms with van der Waals surface area (Å²) in [4.78, 5) is 54.8. The lowest BCUT2D eigenvalue weighted by Gasteiger charge is -2.42. The molecule has 6 aliphatic rings. The molecule has 0 aromatic heterocycles. The molecule has 2 heterocycles. The minimum absolute atomic E-state index is 0.0411. The molecule has 2 aliphatic heterocycles. The maximum atomic E-state index is 12.6. The van der Waals surface area contributed by atoms with Crippen molar-refractivity contribution in [3.8, 4) is 0 Å². The van der Waals surface area contributed by atoms with E-state index in [4.69, 9.17) is 0 Å². The summed E-state index contributed by atoms with van der Waals surface area (Å²) in [6.07, 6.45) is 9.77. The molecule has 0 spiro atoms. The number of benzene rings is 2. The molecule has 6 nitrogen and oxygen atoms in total. The molecule has 2 aromatic rings. The van der Waals surface area contributed by atoms with Crippen LogP contribution in [0.2, 0.25) is 0 Å². The van der Waals surface area contributed by atoms with Crippen LogP contribution >= 0.6 is 0 Å². The normalized spacial score (nSPS) is 22.4. The molecular formula is C40H42N2O4. The van der Waals surface area contributed by atoms with Gasteiger partial charge in [-0.3, -0.25) is 19.2 Å². The van der Waals surface area contributed by atoms with Gasteiger partial charge in [-0.15, -0.1) is 0 Å². The minimum Gasteiger partial charge on any atom is -0.317 e. The van der Waals surface area contributed by atoms with Crippen LogP contribution in [0.4, 0.5) is 11.4 Å². The van der Waals surface area contributed by atoms with Crippen LogP contribution < -0.4 is 9.80 Å². The van der Waals surface area contributed by atoms with E-state index in [9.17, 15) is 19.2 Å². The second-order valence-electron chi connectivity index (χ2n) is 13.3. The predicted molar refractivity (Wildman–Crippen MR) is 180 cm³/mol. The van der Waals surface area contributed by atoms with E-state index in [-0.39, 0.29) is 35.0 Å². The Balaban J connectivity index is 0.000000147. The summed E-state index contributed by atoms with van der Waals surface area (Å²) < 4.78 is 0. The van der Waals surface area contributed by atoms with E-state index in [2.05, 4.69) is 34.1 Å². The second kappa shape index (κ2) is 12.5. The number of hydrogen-bond donors (Lipinski definition) is 0. The molecule has 46 heavy (non-hydrogen) atoms. The first-order valence-electron chi connectivity index (χ1n) is 17.1. The molecule has 236 valence electrons. The highest BCUT2D eigenvalue weighted by Crippen LogP contribution is 2.48. The van der Waals surface area contributed by atoms with Gasteiger partial charge in [0, 0.05) is 94.0 Å². The molecule has 0 N–H and O–H groups in total. The van der Waals surface area contributed by atoms with Crippen molar-refractivity contribution in [1.82, 2.24) is 0 Å². The van der Waals surface area contributed by atoms with Crippen molar-refractivity contribution >= 4 is 34.5 Å². The van der Waals surface area contributed by atoms with E-state index in [1.807, 2.05) is 50.2 Å². The van der Waals surface area contributed by atoms with Crippen LogP contribution in [-0.2, 0) is 19.2 Å². The first-order valence-corrected chi connectivity index (χ1v) is 17.1. The third kappa shape index (κ3) is 5.12. The highest BCUT2D eigenvalue weighted by atomic mass is 16.1. The van der Waals surface area contributed by atoms with E-state index in [0.717, 1.165) is 108 Å². The van der Waals surface area contributed by atoms with Gasteiger partial charge in [0.1, 0.15) is 0 Å². The Morgan fingerprint density at radius 3 is 0.935 bits per heavy atom. The van der Waals surface area contributed by atoms with Crippen LogP contribution in [-0.4, -0.2) is 23.1 Å². The summed E-state index contributed by atoms with van der Waals surface area (Å²) in [5.74, 6) is 0.824. The topological polar surface area (TPSA) is 74.8 Å². The van der Waals surface area contributed by atoms with Crippen molar-refractivity contribution in [3.63, 3.8) is 0 Å². The quantitative estimate of drug-likeness (QED) is 0.339. The number of anilines is 2. The number of rotatable bonds is 2. The Bertz CT molecular complexity index is 1530. The summed E-state index contributed by atoms with van der Waals surface area (Å²) in [6, 6.07) is 20.4. The summed E-state index contributed by atoms with van der Waals surface area (Å²) in [5.41, 5.74) is 10.2. The van der Waals surface area contributed by atoms with Gasteiger partial charge < -0.3 is 9.80 Å². The highest BCUT2D eigenvalue weighted by molar-refractivity contribution is 6.07. The SMILES string of the molecule is CC1C2=C(CCCC2=O)N(c2ccccc2)C2=C1C(=O)CCC2.CC1C2=C(CCCC2=O)N(c2ccccc2)C2=C1C(=O)CCC2. The van der Waals surface area contributed by atoms with Crippen LogP contribution in [0.1, 0.15) is 90.9 Å². The van der Waals surface area contributed by atoms with Gasteiger partial charge in [0.25, 0.3) is 0 Å². The number of para-hydroxylation sites is 2. The molecule has 8 rings (SSSR count). The zero-order valence-corrected chi connectivity index (χ0v) is 26.9. The van der Waals surface area contributed by atoms with Crippen LogP contribution in [0.25, 0.3) is 0 Å². The van der Waals surface area contributed by atoms with E-state index in [1.165, 1.54) is 0 Å². The lowest BCUT2D eigenvalue weighted by atomic mass is 9.74. The Hall–Kier alpha value is -4.32. The zero-order chi connectivity index (χ0) is 31.9. The van der Waals surface area contributed by atoms with Gasteiger partial charge in [0.15, 0.2) is 23.1 Å². The lowest BCUT2D eigenvalue weighted by molar-refractivity contribution is -0.118. The van der Waals surface area contributed by atoms with Crippen molar-refractivity contribution in [2.24, 2.45) is 11.8 Å². The van der Waals surface area contributed by atoms with E-state index in [0.29, 0.717) is 25.7 Å². The lowest BCUT2D eigenvalue weighted by Crippen LogP contribution is -2.39. The molecule has 0 unspecified atom stereocenters. The van der Waals surface area contributed by atoms with Crippen molar-refractivity contribution in [3.05, 3.63) is 106 Å². The third-order valence-corrected chi connectivity index (χ3v) is 10.6. The first kappa shape index (κ1) is 30.3. The molecule has 0 saturated heterocycles. The fraction of sp³-hybridized carbons (Fsp3) is 0.400. The van der Waals surface area contributed by atoms with Crippen molar-refractivity contribution in [2.75, 3.05) is 9.80 Å².